The van der Waals surface area contributed by atoms with E-state index >= 15 is 0 Å². The van der Waals surface area contributed by atoms with Gasteiger partial charge in [0.05, 0.1) is 20.8 Å². The highest BCUT2D eigenvalue weighted by Gasteiger charge is 2.33. The average molecular weight is 426 g/mol. The van der Waals surface area contributed by atoms with Gasteiger partial charge < -0.3 is 4.90 Å². The standard InChI is InChI=1S/C19H15ClF3N3OS/c20-13-2-3-15-14(9-13)25-17(28-15)11-5-7-26(8-6-11)18(27)12-1-4-16(24-10-12)19(21,22)23/h1-4,9-11H,5-8H2. The van der Waals surface area contributed by atoms with Gasteiger partial charge in [-0.05, 0) is 43.2 Å². The molecule has 0 bridgehead atoms. The van der Waals surface area contributed by atoms with Crippen LogP contribution >= 0.6 is 22.9 Å². The maximum Gasteiger partial charge on any atom is 0.433 e. The zero-order chi connectivity index (χ0) is 19.9. The van der Waals surface area contributed by atoms with Crippen molar-refractivity contribution in [2.24, 2.45) is 0 Å². The van der Waals surface area contributed by atoms with Crippen LogP contribution in [0.25, 0.3) is 10.2 Å². The number of hydrogen-bond donors (Lipinski definition) is 0. The summed E-state index contributed by atoms with van der Waals surface area (Å²) in [7, 11) is 0. The number of halogens is 4. The van der Waals surface area contributed by atoms with Crippen LogP contribution < -0.4 is 0 Å². The molecule has 1 saturated heterocycles. The lowest BCUT2D eigenvalue weighted by Gasteiger charge is -2.31. The predicted octanol–water partition coefficient (Wildman–Crippen LogP) is 5.38. The molecule has 1 aliphatic heterocycles. The van der Waals surface area contributed by atoms with Crippen molar-refractivity contribution in [2.75, 3.05) is 13.1 Å². The van der Waals surface area contributed by atoms with Gasteiger partial charge in [-0.15, -0.1) is 11.3 Å². The highest BCUT2D eigenvalue weighted by Crippen LogP contribution is 2.35. The Balaban J connectivity index is 1.42. The summed E-state index contributed by atoms with van der Waals surface area (Å²) in [6.07, 6.45) is -2.00. The normalized spacial score (nSPS) is 15.9. The molecule has 1 aliphatic rings. The number of pyridine rings is 1. The maximum atomic E-state index is 12.6. The number of carbonyl (C=O) groups is 1. The second-order valence-electron chi connectivity index (χ2n) is 6.66. The number of piperidine rings is 1. The zero-order valence-corrected chi connectivity index (χ0v) is 16.1. The van der Waals surface area contributed by atoms with Crippen LogP contribution in [-0.4, -0.2) is 33.9 Å². The topological polar surface area (TPSA) is 46.1 Å². The van der Waals surface area contributed by atoms with Gasteiger partial charge in [0.25, 0.3) is 5.91 Å². The van der Waals surface area contributed by atoms with E-state index in [9.17, 15) is 18.0 Å². The van der Waals surface area contributed by atoms with Gasteiger partial charge in [-0.2, -0.15) is 13.2 Å². The molecule has 0 unspecified atom stereocenters. The van der Waals surface area contributed by atoms with Crippen molar-refractivity contribution < 1.29 is 18.0 Å². The van der Waals surface area contributed by atoms with Crippen LogP contribution in [0.3, 0.4) is 0 Å². The summed E-state index contributed by atoms with van der Waals surface area (Å²) in [5.41, 5.74) is 0.0432. The van der Waals surface area contributed by atoms with Crippen molar-refractivity contribution in [3.8, 4) is 0 Å². The third-order valence-electron chi connectivity index (χ3n) is 4.80. The van der Waals surface area contributed by atoms with Gasteiger partial charge in [-0.3, -0.25) is 9.78 Å². The molecule has 0 N–H and O–H groups in total. The van der Waals surface area contributed by atoms with E-state index in [0.717, 1.165) is 40.3 Å². The van der Waals surface area contributed by atoms with E-state index in [1.54, 1.807) is 16.2 Å². The number of hydrogen-bond acceptors (Lipinski definition) is 4. The summed E-state index contributed by atoms with van der Waals surface area (Å²) in [5.74, 6) is -0.0401. The monoisotopic (exact) mass is 425 g/mol. The molecule has 1 amide bonds. The first-order valence-electron chi connectivity index (χ1n) is 8.70. The fraction of sp³-hybridized carbons (Fsp3) is 0.316. The first kappa shape index (κ1) is 19.1. The Bertz CT molecular complexity index is 1010. The predicted molar refractivity (Wildman–Crippen MR) is 102 cm³/mol. The lowest BCUT2D eigenvalue weighted by molar-refractivity contribution is -0.141. The Morgan fingerprint density at radius 1 is 1.18 bits per heavy atom. The molecular formula is C19H15ClF3N3OS. The second kappa shape index (κ2) is 7.33. The number of amides is 1. The smallest absolute Gasteiger partial charge is 0.339 e. The Hall–Kier alpha value is -2.19. The van der Waals surface area contributed by atoms with Gasteiger partial charge >= 0.3 is 6.18 Å². The number of carbonyl (C=O) groups excluding carboxylic acids is 1. The summed E-state index contributed by atoms with van der Waals surface area (Å²) < 4.78 is 38.9. The summed E-state index contributed by atoms with van der Waals surface area (Å²) >= 11 is 7.65. The Morgan fingerprint density at radius 2 is 1.93 bits per heavy atom. The van der Waals surface area contributed by atoms with Crippen molar-refractivity contribution >= 4 is 39.1 Å². The van der Waals surface area contributed by atoms with Crippen LogP contribution in [0.4, 0.5) is 13.2 Å². The van der Waals surface area contributed by atoms with Crippen molar-refractivity contribution in [1.29, 1.82) is 0 Å². The fourth-order valence-electron chi connectivity index (χ4n) is 3.29. The van der Waals surface area contributed by atoms with Gasteiger partial charge in [-0.1, -0.05) is 11.6 Å². The zero-order valence-electron chi connectivity index (χ0n) is 14.5. The molecule has 0 aliphatic carbocycles. The Morgan fingerprint density at radius 3 is 2.57 bits per heavy atom. The number of rotatable bonds is 2. The minimum Gasteiger partial charge on any atom is -0.339 e. The third-order valence-corrected chi connectivity index (χ3v) is 6.23. The van der Waals surface area contributed by atoms with E-state index in [1.807, 2.05) is 18.2 Å². The molecule has 4 rings (SSSR count). The quantitative estimate of drug-likeness (QED) is 0.553. The number of alkyl halides is 3. The van der Waals surface area contributed by atoms with Crippen LogP contribution in [-0.2, 0) is 6.18 Å². The first-order chi connectivity index (χ1) is 13.3. The lowest BCUT2D eigenvalue weighted by Crippen LogP contribution is -2.38. The fourth-order valence-corrected chi connectivity index (χ4v) is 4.58. The molecule has 0 spiro atoms. The molecule has 146 valence electrons. The van der Waals surface area contributed by atoms with Crippen LogP contribution in [0.2, 0.25) is 5.02 Å². The largest absolute Gasteiger partial charge is 0.433 e. The SMILES string of the molecule is O=C(c1ccc(C(F)(F)F)nc1)N1CCC(c2nc3cc(Cl)ccc3s2)CC1. The molecule has 0 radical (unpaired) electrons. The van der Waals surface area contributed by atoms with Gasteiger partial charge in [0.15, 0.2) is 0 Å². The van der Waals surface area contributed by atoms with Crippen molar-refractivity contribution in [2.45, 2.75) is 24.9 Å². The number of thiazole rings is 1. The summed E-state index contributed by atoms with van der Waals surface area (Å²) in [4.78, 5) is 22.3. The second-order valence-corrected chi connectivity index (χ2v) is 8.16. The Labute approximate surface area is 168 Å². The van der Waals surface area contributed by atoms with Crippen LogP contribution in [0, 0.1) is 0 Å². The minimum absolute atomic E-state index is 0.168. The lowest BCUT2D eigenvalue weighted by atomic mass is 9.97. The molecule has 4 nitrogen and oxygen atoms in total. The van der Waals surface area contributed by atoms with Crippen LogP contribution in [0.15, 0.2) is 36.5 Å². The molecule has 3 heterocycles. The van der Waals surface area contributed by atoms with Gasteiger partial charge in [0.1, 0.15) is 5.69 Å². The number of aromatic nitrogens is 2. The highest BCUT2D eigenvalue weighted by atomic mass is 35.5. The number of benzene rings is 1. The number of likely N-dealkylation sites (tertiary alicyclic amines) is 1. The van der Waals surface area contributed by atoms with E-state index in [-0.39, 0.29) is 17.4 Å². The van der Waals surface area contributed by atoms with Crippen molar-refractivity contribution in [3.63, 3.8) is 0 Å². The molecule has 0 saturated carbocycles. The summed E-state index contributed by atoms with van der Waals surface area (Å²) in [5, 5.41) is 1.68. The summed E-state index contributed by atoms with van der Waals surface area (Å²) in [6, 6.07) is 7.65. The van der Waals surface area contributed by atoms with E-state index in [4.69, 9.17) is 11.6 Å². The molecular weight excluding hydrogens is 411 g/mol. The minimum atomic E-state index is -4.51. The third kappa shape index (κ3) is 3.84. The van der Waals surface area contributed by atoms with Gasteiger partial charge in [-0.25, -0.2) is 4.98 Å². The van der Waals surface area contributed by atoms with E-state index in [1.165, 1.54) is 6.07 Å². The molecule has 28 heavy (non-hydrogen) atoms. The van der Waals surface area contributed by atoms with Gasteiger partial charge in [0, 0.05) is 30.2 Å². The molecule has 1 aromatic carbocycles. The molecule has 1 fully saturated rings. The molecule has 2 aromatic heterocycles. The number of nitrogens with zero attached hydrogens (tertiary/aromatic N) is 3. The summed E-state index contributed by atoms with van der Waals surface area (Å²) in [6.45, 7) is 1.06. The average Bonchev–Trinajstić information content (AvgIpc) is 3.10. The van der Waals surface area contributed by atoms with Crippen LogP contribution in [0.1, 0.15) is 39.8 Å². The van der Waals surface area contributed by atoms with E-state index in [0.29, 0.717) is 18.1 Å². The Kier molecular flexibility index (Phi) is 5.01. The molecule has 0 atom stereocenters. The molecule has 3 aromatic rings. The van der Waals surface area contributed by atoms with Crippen molar-refractivity contribution in [1.82, 2.24) is 14.9 Å². The first-order valence-corrected chi connectivity index (χ1v) is 9.89. The number of fused-ring (bicyclic) bond motifs is 1. The van der Waals surface area contributed by atoms with Gasteiger partial charge in [0.2, 0.25) is 0 Å². The van der Waals surface area contributed by atoms with E-state index in [2.05, 4.69) is 9.97 Å². The van der Waals surface area contributed by atoms with Crippen molar-refractivity contribution in [3.05, 3.63) is 57.8 Å². The molecule has 9 heteroatoms. The van der Waals surface area contributed by atoms with Crippen LogP contribution in [0.5, 0.6) is 0 Å². The maximum absolute atomic E-state index is 12.6. The highest BCUT2D eigenvalue weighted by molar-refractivity contribution is 7.18. The van der Waals surface area contributed by atoms with E-state index < -0.39 is 11.9 Å².